The van der Waals surface area contributed by atoms with E-state index in [-0.39, 0.29) is 43.3 Å². The molecule has 3 aromatic rings. The van der Waals surface area contributed by atoms with Crippen molar-refractivity contribution in [3.05, 3.63) is 77.9 Å². The SMILES string of the molecule is O=C1CCNC(=O)c2cc(OCC3CC3)cc(c2)Oc2cccc(c2)CO[C@@H]2CCN(C(=O)c3cncnc3)C[C@@H]2N1. The van der Waals surface area contributed by atoms with Crippen molar-refractivity contribution in [2.24, 2.45) is 5.92 Å². The van der Waals surface area contributed by atoms with Crippen molar-refractivity contribution < 1.29 is 28.6 Å². The van der Waals surface area contributed by atoms with Crippen molar-refractivity contribution in [1.82, 2.24) is 25.5 Å². The van der Waals surface area contributed by atoms with E-state index in [1.807, 2.05) is 24.3 Å². The first-order chi connectivity index (χ1) is 20.5. The molecule has 2 N–H and O–H groups in total. The number of hydrogen-bond donors (Lipinski definition) is 2. The Kier molecular flexibility index (Phi) is 8.27. The van der Waals surface area contributed by atoms with Crippen molar-refractivity contribution in [2.75, 3.05) is 26.2 Å². The Morgan fingerprint density at radius 1 is 1.05 bits per heavy atom. The fourth-order valence-corrected chi connectivity index (χ4v) is 5.10. The normalized spacial score (nSPS) is 21.2. The van der Waals surface area contributed by atoms with Gasteiger partial charge in [0.15, 0.2) is 0 Å². The number of ether oxygens (including phenoxy) is 3. The first-order valence-corrected chi connectivity index (χ1v) is 14.3. The monoisotopic (exact) mass is 571 g/mol. The van der Waals surface area contributed by atoms with Crippen LogP contribution in [0.15, 0.2) is 61.2 Å². The molecular weight excluding hydrogens is 538 g/mol. The number of amides is 3. The maximum Gasteiger partial charge on any atom is 0.257 e. The third-order valence-corrected chi connectivity index (χ3v) is 7.55. The number of nitrogens with one attached hydrogen (secondary N) is 2. The molecule has 2 atom stereocenters. The molecule has 6 rings (SSSR count). The van der Waals surface area contributed by atoms with Crippen molar-refractivity contribution in [2.45, 2.75) is 44.4 Å². The Morgan fingerprint density at radius 2 is 1.90 bits per heavy atom. The first-order valence-electron chi connectivity index (χ1n) is 14.3. The van der Waals surface area contributed by atoms with Gasteiger partial charge in [-0.3, -0.25) is 14.4 Å². The molecule has 4 bridgehead atoms. The van der Waals surface area contributed by atoms with Crippen molar-refractivity contribution in [3.8, 4) is 17.2 Å². The van der Waals surface area contributed by atoms with Crippen LogP contribution in [0.3, 0.4) is 0 Å². The molecule has 42 heavy (non-hydrogen) atoms. The van der Waals surface area contributed by atoms with Crippen LogP contribution in [0.5, 0.6) is 17.2 Å². The van der Waals surface area contributed by atoms with Gasteiger partial charge in [-0.25, -0.2) is 9.97 Å². The quantitative estimate of drug-likeness (QED) is 0.488. The Bertz CT molecular complexity index is 1450. The zero-order valence-electron chi connectivity index (χ0n) is 23.2. The van der Waals surface area contributed by atoms with Crippen molar-refractivity contribution >= 4 is 17.7 Å². The number of piperidine rings is 1. The highest BCUT2D eigenvalue weighted by Gasteiger charge is 2.34. The summed E-state index contributed by atoms with van der Waals surface area (Å²) in [5.41, 5.74) is 1.66. The molecule has 2 fully saturated rings. The minimum atomic E-state index is -0.438. The summed E-state index contributed by atoms with van der Waals surface area (Å²) in [6.07, 6.45) is 6.92. The Labute approximate surface area is 243 Å². The Morgan fingerprint density at radius 3 is 2.74 bits per heavy atom. The molecule has 0 radical (unpaired) electrons. The number of nitrogens with zero attached hydrogens (tertiary/aromatic N) is 3. The summed E-state index contributed by atoms with van der Waals surface area (Å²) in [5, 5.41) is 5.86. The largest absolute Gasteiger partial charge is 0.493 e. The number of carbonyl (C=O) groups excluding carboxylic acids is 3. The van der Waals surface area contributed by atoms with Crippen LogP contribution in [0.1, 0.15) is 52.0 Å². The molecular formula is C31H33N5O6. The summed E-state index contributed by atoms with van der Waals surface area (Å²) in [5.74, 6) is 1.41. The van der Waals surface area contributed by atoms with Crippen molar-refractivity contribution in [3.63, 3.8) is 0 Å². The van der Waals surface area contributed by atoms with E-state index in [0.29, 0.717) is 60.5 Å². The topological polar surface area (TPSA) is 132 Å². The maximum atomic E-state index is 13.1. The summed E-state index contributed by atoms with van der Waals surface area (Å²) < 4.78 is 18.4. The van der Waals surface area contributed by atoms with Crippen LogP contribution in [-0.2, 0) is 16.1 Å². The molecule has 0 unspecified atom stereocenters. The van der Waals surface area contributed by atoms with Crippen LogP contribution in [0.4, 0.5) is 0 Å². The number of aromatic nitrogens is 2. The molecule has 1 aliphatic carbocycles. The van der Waals surface area contributed by atoms with E-state index in [9.17, 15) is 14.4 Å². The minimum Gasteiger partial charge on any atom is -0.493 e. The first kappa shape index (κ1) is 27.6. The van der Waals surface area contributed by atoms with Gasteiger partial charge in [0.2, 0.25) is 5.91 Å². The van der Waals surface area contributed by atoms with Crippen LogP contribution >= 0.6 is 0 Å². The summed E-state index contributed by atoms with van der Waals surface area (Å²) in [4.78, 5) is 48.7. The predicted molar refractivity (Wildman–Crippen MR) is 151 cm³/mol. The molecule has 1 saturated carbocycles. The lowest BCUT2D eigenvalue weighted by Gasteiger charge is -2.38. The smallest absolute Gasteiger partial charge is 0.257 e. The second-order valence-corrected chi connectivity index (χ2v) is 10.9. The molecule has 3 amide bonds. The van der Waals surface area contributed by atoms with Gasteiger partial charge < -0.3 is 29.7 Å². The number of carbonyl (C=O) groups is 3. The third kappa shape index (κ3) is 7.03. The second kappa shape index (κ2) is 12.6. The Hall–Kier alpha value is -4.51. The minimum absolute atomic E-state index is 0.0669. The standard InChI is InChI=1S/C31H33N5O6/c37-29-6-8-34-30(38)22-11-25(40-17-20-4-5-20)13-26(12-22)42-24-3-1-2-21(10-24)18-41-28-7-9-36(16-27(28)35-29)31(39)23-14-32-19-33-15-23/h1-3,10-15,19-20,27-28H,4-9,16-18H2,(H,34,38)(H,35,37)/t27-,28+/m0/s1. The van der Waals surface area contributed by atoms with Gasteiger partial charge in [0, 0.05) is 50.1 Å². The molecule has 3 heterocycles. The molecule has 1 saturated heterocycles. The van der Waals surface area contributed by atoms with Gasteiger partial charge in [-0.2, -0.15) is 0 Å². The van der Waals surface area contributed by atoms with Gasteiger partial charge in [-0.15, -0.1) is 0 Å². The second-order valence-electron chi connectivity index (χ2n) is 10.9. The summed E-state index contributed by atoms with van der Waals surface area (Å²) in [6, 6.07) is 12.3. The van der Waals surface area contributed by atoms with Gasteiger partial charge in [-0.1, -0.05) is 12.1 Å². The molecule has 1 aromatic heterocycles. The zero-order valence-corrected chi connectivity index (χ0v) is 23.2. The van der Waals surface area contributed by atoms with Crippen LogP contribution < -0.4 is 20.1 Å². The van der Waals surface area contributed by atoms with E-state index >= 15 is 0 Å². The molecule has 3 aliphatic rings. The molecule has 11 heteroatoms. The summed E-state index contributed by atoms with van der Waals surface area (Å²) in [6.45, 7) is 1.77. The van der Waals surface area contributed by atoms with E-state index in [2.05, 4.69) is 20.6 Å². The highest BCUT2D eigenvalue weighted by Crippen LogP contribution is 2.32. The predicted octanol–water partition coefficient (Wildman–Crippen LogP) is 3.11. The number of rotatable bonds is 4. The van der Waals surface area contributed by atoms with E-state index in [1.165, 1.54) is 18.7 Å². The average molecular weight is 572 g/mol. The van der Waals surface area contributed by atoms with Crippen molar-refractivity contribution in [1.29, 1.82) is 0 Å². The van der Waals surface area contributed by atoms with Gasteiger partial charge in [0.1, 0.15) is 23.6 Å². The highest BCUT2D eigenvalue weighted by atomic mass is 16.5. The highest BCUT2D eigenvalue weighted by molar-refractivity contribution is 5.95. The van der Waals surface area contributed by atoms with Crippen LogP contribution in [0, 0.1) is 5.92 Å². The molecule has 2 aromatic carbocycles. The average Bonchev–Trinajstić information content (AvgIpc) is 3.84. The van der Waals surface area contributed by atoms with E-state index in [1.54, 1.807) is 23.1 Å². The van der Waals surface area contributed by atoms with Gasteiger partial charge >= 0.3 is 0 Å². The number of hydrogen-bond acceptors (Lipinski definition) is 8. The number of fused-ring (bicyclic) bond motifs is 5. The van der Waals surface area contributed by atoms with Gasteiger partial charge in [0.05, 0.1) is 30.9 Å². The van der Waals surface area contributed by atoms with Gasteiger partial charge in [0.25, 0.3) is 11.8 Å². The lowest BCUT2D eigenvalue weighted by Crippen LogP contribution is -2.57. The van der Waals surface area contributed by atoms with Gasteiger partial charge in [-0.05, 0) is 55.0 Å². The summed E-state index contributed by atoms with van der Waals surface area (Å²) in [7, 11) is 0. The Balaban J connectivity index is 1.21. The fraction of sp³-hybridized carbons (Fsp3) is 0.387. The molecule has 0 spiro atoms. The van der Waals surface area contributed by atoms with Crippen LogP contribution in [0.25, 0.3) is 0 Å². The van der Waals surface area contributed by atoms with Crippen LogP contribution in [-0.4, -0.2) is 71.0 Å². The third-order valence-electron chi connectivity index (χ3n) is 7.55. The lowest BCUT2D eigenvalue weighted by atomic mass is 10.0. The van der Waals surface area contributed by atoms with E-state index in [0.717, 1.165) is 18.4 Å². The van der Waals surface area contributed by atoms with Crippen LogP contribution in [0.2, 0.25) is 0 Å². The number of likely N-dealkylation sites (tertiary alicyclic amines) is 1. The lowest BCUT2D eigenvalue weighted by molar-refractivity contribution is -0.124. The fourth-order valence-electron chi connectivity index (χ4n) is 5.10. The number of benzene rings is 2. The van der Waals surface area contributed by atoms with E-state index < -0.39 is 6.04 Å². The maximum absolute atomic E-state index is 13.1. The zero-order chi connectivity index (χ0) is 28.9. The molecule has 11 nitrogen and oxygen atoms in total. The molecule has 2 aliphatic heterocycles. The molecule has 218 valence electrons. The summed E-state index contributed by atoms with van der Waals surface area (Å²) >= 11 is 0. The van der Waals surface area contributed by atoms with E-state index in [4.69, 9.17) is 14.2 Å².